The molecule has 0 saturated carbocycles. The fourth-order valence-corrected chi connectivity index (χ4v) is 12.0. The monoisotopic (exact) mass is 1010 g/mol. The molecule has 3 aliphatic heterocycles. The van der Waals surface area contributed by atoms with Gasteiger partial charge in [-0.3, -0.25) is 19.5 Å². The quantitative estimate of drug-likeness (QED) is 0.105. The van der Waals surface area contributed by atoms with Gasteiger partial charge in [0.2, 0.25) is 0 Å². The number of aromatic amines is 1. The number of H-pyrrole nitrogens is 1. The van der Waals surface area contributed by atoms with E-state index in [1.54, 1.807) is 4.68 Å². The summed E-state index contributed by atoms with van der Waals surface area (Å²) in [6, 6.07) is 24.3. The zero-order chi connectivity index (χ0) is 51.2. The predicted octanol–water partition coefficient (Wildman–Crippen LogP) is 9.59. The molecule has 0 bridgehead atoms. The summed E-state index contributed by atoms with van der Waals surface area (Å²) in [5.74, 6) is 0.569. The molecule has 0 spiro atoms. The molecule has 16 heteroatoms. The van der Waals surface area contributed by atoms with Crippen molar-refractivity contribution in [1.82, 2.24) is 29.8 Å². The molecule has 3 aromatic heterocycles. The fraction of sp³-hybridized carbons (Fsp3) is 0.483. The van der Waals surface area contributed by atoms with Crippen LogP contribution >= 0.6 is 0 Å². The molecule has 3 unspecified atom stereocenters. The maximum absolute atomic E-state index is 13.3. The molecule has 0 fully saturated rings. The van der Waals surface area contributed by atoms with Gasteiger partial charge in [-0.2, -0.15) is 14.9 Å². The summed E-state index contributed by atoms with van der Waals surface area (Å²) >= 11 is 0. The summed E-state index contributed by atoms with van der Waals surface area (Å²) in [4.78, 5) is 44.5. The summed E-state index contributed by atoms with van der Waals surface area (Å²) in [6.07, 6.45) is 15.4. The third-order valence-corrected chi connectivity index (χ3v) is 16.0. The SMILES string of the molecule is C.CCN1CCC(C(=O)O)c2ccccc21.CCN1CCC(C(=O)n2nc(N)c3c2CCCC3)c2ccccc21.CCN1CCC(C(=O)n2nc3c(c2N)CCCC3)c2ccccc21.Nc1n[nH]c2c1CCCC2. The molecule has 394 valence electrons. The number of aliphatic carboxylic acids is 1. The number of nitrogens with zero attached hydrogens (tertiary/aromatic N) is 8. The Morgan fingerprint density at radius 1 is 0.554 bits per heavy atom. The smallest absolute Gasteiger partial charge is 0.311 e. The molecule has 3 aliphatic carbocycles. The molecular formula is C58H78N12O4. The molecule has 0 amide bonds. The third-order valence-electron chi connectivity index (χ3n) is 16.0. The minimum atomic E-state index is -0.710. The van der Waals surface area contributed by atoms with Crippen LogP contribution in [0, 0.1) is 0 Å². The number of carbonyl (C=O) groups is 3. The summed E-state index contributed by atoms with van der Waals surface area (Å²) in [5, 5.41) is 25.0. The highest BCUT2D eigenvalue weighted by atomic mass is 16.4. The number of nitrogens with one attached hydrogen (secondary N) is 1. The number of hydrogen-bond acceptors (Lipinski definition) is 12. The van der Waals surface area contributed by atoms with Gasteiger partial charge in [0.15, 0.2) is 0 Å². The van der Waals surface area contributed by atoms with Gasteiger partial charge < -0.3 is 37.0 Å². The van der Waals surface area contributed by atoms with Gasteiger partial charge in [0.1, 0.15) is 17.5 Å². The first-order valence-electron chi connectivity index (χ1n) is 26.9. The van der Waals surface area contributed by atoms with Crippen LogP contribution in [0.1, 0.15) is 164 Å². The van der Waals surface area contributed by atoms with Gasteiger partial charge in [0, 0.05) is 78.7 Å². The minimum Gasteiger partial charge on any atom is -0.481 e. The van der Waals surface area contributed by atoms with Crippen LogP contribution < -0.4 is 31.9 Å². The topological polar surface area (TPSA) is 224 Å². The number of para-hydroxylation sites is 3. The summed E-state index contributed by atoms with van der Waals surface area (Å²) in [6.45, 7) is 11.9. The van der Waals surface area contributed by atoms with E-state index in [4.69, 9.17) is 22.3 Å². The molecule has 6 aliphatic rings. The summed E-state index contributed by atoms with van der Waals surface area (Å²) in [5.41, 5.74) is 31.3. The number of rotatable bonds is 6. The van der Waals surface area contributed by atoms with Crippen molar-refractivity contribution in [3.8, 4) is 0 Å². The van der Waals surface area contributed by atoms with Crippen LogP contribution in [0.2, 0.25) is 0 Å². The standard InChI is InChI=1S/2C19H24N4O.C12H15NO2.C7H11N3.CH4/c1-2-22-12-11-14(13-7-4-6-10-17(13)22)19(24)23-18(20)15-8-3-5-9-16(15)21-23;1-2-22-12-11-14(13-7-3-5-9-16(13)22)19(24)23-17-10-6-4-8-15(17)18(20)21-23;1-2-13-8-7-10(12(14)15)9-5-3-4-6-11(9)13;8-7-5-3-1-2-4-6(5)9-10-7;/h4,6-7,10,14H,2-3,5,8-9,11-12,20H2,1H3;3,5,7,9,14H,2,4,6,8,10-12H2,1H3,(H2,20,21);3-6,10H,2,7-8H2,1H3,(H,14,15);1-4H2,(H3,8,9,10);1H4. The number of benzene rings is 3. The number of carboxylic acids is 1. The van der Waals surface area contributed by atoms with E-state index < -0.39 is 5.97 Å². The van der Waals surface area contributed by atoms with Crippen molar-refractivity contribution < 1.29 is 19.5 Å². The number of aryl methyl sites for hydroxylation is 2. The molecule has 74 heavy (non-hydrogen) atoms. The van der Waals surface area contributed by atoms with Gasteiger partial charge in [-0.25, -0.2) is 4.68 Å². The van der Waals surface area contributed by atoms with Crippen LogP contribution in [-0.4, -0.2) is 91.9 Å². The number of hydrogen-bond donors (Lipinski definition) is 5. The van der Waals surface area contributed by atoms with Gasteiger partial charge in [0.05, 0.1) is 29.1 Å². The largest absolute Gasteiger partial charge is 0.481 e. The number of nitrogen functional groups attached to an aromatic ring is 3. The molecule has 3 aromatic carbocycles. The highest BCUT2D eigenvalue weighted by Gasteiger charge is 2.35. The van der Waals surface area contributed by atoms with Crippen LogP contribution in [0.4, 0.5) is 34.5 Å². The second-order valence-electron chi connectivity index (χ2n) is 20.1. The second-order valence-corrected chi connectivity index (χ2v) is 20.1. The molecule has 0 radical (unpaired) electrons. The van der Waals surface area contributed by atoms with E-state index in [0.717, 1.165) is 161 Å². The lowest BCUT2D eigenvalue weighted by atomic mass is 9.88. The van der Waals surface area contributed by atoms with Crippen molar-refractivity contribution in [1.29, 1.82) is 0 Å². The average molecular weight is 1010 g/mol. The van der Waals surface area contributed by atoms with Crippen LogP contribution in [0.15, 0.2) is 72.8 Å². The van der Waals surface area contributed by atoms with Crippen molar-refractivity contribution in [2.75, 3.05) is 71.2 Å². The number of carboxylic acid groups (broad SMARTS) is 1. The Hall–Kier alpha value is -7.10. The Morgan fingerprint density at radius 2 is 1.00 bits per heavy atom. The van der Waals surface area contributed by atoms with Crippen LogP contribution in [0.25, 0.3) is 0 Å². The molecule has 3 atom stereocenters. The molecule has 8 N–H and O–H groups in total. The van der Waals surface area contributed by atoms with Crippen molar-refractivity contribution in [3.05, 3.63) is 123 Å². The number of nitrogens with two attached hydrogens (primary N) is 3. The van der Waals surface area contributed by atoms with E-state index in [2.05, 4.69) is 80.1 Å². The van der Waals surface area contributed by atoms with Gasteiger partial charge in [-0.15, -0.1) is 5.10 Å². The molecule has 0 saturated heterocycles. The van der Waals surface area contributed by atoms with Crippen molar-refractivity contribution in [2.45, 2.75) is 142 Å². The maximum atomic E-state index is 13.3. The van der Waals surface area contributed by atoms with E-state index in [-0.39, 0.29) is 37.0 Å². The highest BCUT2D eigenvalue weighted by molar-refractivity contribution is 5.91. The Bertz CT molecular complexity index is 2920. The number of aromatic nitrogens is 6. The molecule has 16 nitrogen and oxygen atoms in total. The van der Waals surface area contributed by atoms with Crippen molar-refractivity contribution in [3.63, 3.8) is 0 Å². The fourth-order valence-electron chi connectivity index (χ4n) is 12.0. The lowest BCUT2D eigenvalue weighted by Crippen LogP contribution is -2.35. The van der Waals surface area contributed by atoms with E-state index in [9.17, 15) is 14.4 Å². The average Bonchev–Trinajstić information content (AvgIpc) is 4.11. The number of fused-ring (bicyclic) bond motifs is 6. The van der Waals surface area contributed by atoms with Crippen LogP contribution in [0.5, 0.6) is 0 Å². The van der Waals surface area contributed by atoms with Gasteiger partial charge in [-0.05, 0) is 152 Å². The Kier molecular flexibility index (Phi) is 17.1. The zero-order valence-corrected chi connectivity index (χ0v) is 43.0. The van der Waals surface area contributed by atoms with E-state index in [1.807, 2.05) is 48.5 Å². The molecule has 12 rings (SSSR count). The Morgan fingerprint density at radius 3 is 1.51 bits per heavy atom. The van der Waals surface area contributed by atoms with Gasteiger partial charge in [-0.1, -0.05) is 62.0 Å². The first kappa shape index (κ1) is 53.2. The molecular weight excluding hydrogens is 929 g/mol. The molecule has 6 aromatic rings. The first-order valence-corrected chi connectivity index (χ1v) is 26.9. The highest BCUT2D eigenvalue weighted by Crippen LogP contribution is 2.40. The van der Waals surface area contributed by atoms with E-state index in [0.29, 0.717) is 23.9 Å². The lowest BCUT2D eigenvalue weighted by Gasteiger charge is -2.34. The summed E-state index contributed by atoms with van der Waals surface area (Å²) < 4.78 is 3.10. The van der Waals surface area contributed by atoms with Crippen LogP contribution in [-0.2, 0) is 43.3 Å². The van der Waals surface area contributed by atoms with Crippen molar-refractivity contribution in [2.24, 2.45) is 0 Å². The Labute approximate surface area is 436 Å². The first-order chi connectivity index (χ1) is 35.5. The second kappa shape index (κ2) is 23.8. The number of anilines is 6. The zero-order valence-electron chi connectivity index (χ0n) is 43.0. The predicted molar refractivity (Wildman–Crippen MR) is 297 cm³/mol. The van der Waals surface area contributed by atoms with Gasteiger partial charge in [0.25, 0.3) is 11.8 Å². The van der Waals surface area contributed by atoms with E-state index >= 15 is 0 Å². The number of carbonyl (C=O) groups excluding carboxylic acids is 2. The van der Waals surface area contributed by atoms with Crippen LogP contribution in [0.3, 0.4) is 0 Å². The summed E-state index contributed by atoms with van der Waals surface area (Å²) in [7, 11) is 0. The van der Waals surface area contributed by atoms with E-state index in [1.165, 1.54) is 40.2 Å². The normalized spacial score (nSPS) is 19.1. The molecule has 6 heterocycles. The Balaban J connectivity index is 0.000000137. The van der Waals surface area contributed by atoms with Crippen molar-refractivity contribution >= 4 is 52.3 Å². The maximum Gasteiger partial charge on any atom is 0.311 e. The lowest BCUT2D eigenvalue weighted by molar-refractivity contribution is -0.139. The third kappa shape index (κ3) is 10.8. The minimum absolute atomic E-state index is 0. The van der Waals surface area contributed by atoms with Gasteiger partial charge >= 0.3 is 5.97 Å².